The Hall–Kier alpha value is -2.16. The number of aromatic nitrogens is 1. The molecule has 3 aromatic heterocycles. The highest BCUT2D eigenvalue weighted by atomic mass is 35.5. The van der Waals surface area contributed by atoms with E-state index in [2.05, 4.69) is 15.0 Å². The lowest BCUT2D eigenvalue weighted by atomic mass is 10.2. The van der Waals surface area contributed by atoms with Gasteiger partial charge in [0.2, 0.25) is 0 Å². The molecule has 0 bridgehead atoms. The van der Waals surface area contributed by atoms with Crippen LogP contribution < -0.4 is 5.32 Å². The van der Waals surface area contributed by atoms with Crippen LogP contribution in [0.15, 0.2) is 22.6 Å². The summed E-state index contributed by atoms with van der Waals surface area (Å²) in [6, 6.07) is 5.25. The largest absolute Gasteiger partial charge is 0.465 e. The molecule has 26 heavy (non-hydrogen) atoms. The first kappa shape index (κ1) is 18.6. The van der Waals surface area contributed by atoms with Crippen LogP contribution in [0, 0.1) is 13.8 Å². The standard InChI is InChI=1S/C17H15ClN2O4S2/c1-8-14(26-16(20-8)12-4-5-13(18)25-12)15(21)19-7-10-6-11(9(2)24-10)17(22)23-3/h4-6H,7H2,1-3H3,(H,19,21). The molecule has 0 atom stereocenters. The Balaban J connectivity index is 1.71. The van der Waals surface area contributed by atoms with E-state index in [1.165, 1.54) is 29.8 Å². The van der Waals surface area contributed by atoms with Gasteiger partial charge in [0.15, 0.2) is 0 Å². The van der Waals surface area contributed by atoms with Gasteiger partial charge in [-0.25, -0.2) is 9.78 Å². The van der Waals surface area contributed by atoms with E-state index in [-0.39, 0.29) is 12.5 Å². The molecule has 0 aliphatic carbocycles. The summed E-state index contributed by atoms with van der Waals surface area (Å²) < 4.78 is 10.9. The van der Waals surface area contributed by atoms with Gasteiger partial charge in [-0.3, -0.25) is 4.79 Å². The van der Waals surface area contributed by atoms with Gasteiger partial charge in [0.1, 0.15) is 27.0 Å². The Morgan fingerprint density at radius 1 is 1.31 bits per heavy atom. The van der Waals surface area contributed by atoms with Gasteiger partial charge < -0.3 is 14.5 Å². The van der Waals surface area contributed by atoms with Crippen LogP contribution in [0.4, 0.5) is 0 Å². The molecule has 0 saturated carbocycles. The molecular weight excluding hydrogens is 396 g/mol. The molecule has 0 aromatic carbocycles. The fraction of sp³-hybridized carbons (Fsp3) is 0.235. The van der Waals surface area contributed by atoms with Crippen LogP contribution in [0.5, 0.6) is 0 Å². The van der Waals surface area contributed by atoms with Gasteiger partial charge in [-0.1, -0.05) is 11.6 Å². The van der Waals surface area contributed by atoms with Crippen LogP contribution in [-0.4, -0.2) is 24.0 Å². The van der Waals surface area contributed by atoms with Gasteiger partial charge in [-0.15, -0.1) is 22.7 Å². The van der Waals surface area contributed by atoms with E-state index < -0.39 is 5.97 Å². The summed E-state index contributed by atoms with van der Waals surface area (Å²) in [7, 11) is 1.31. The number of carbonyl (C=O) groups is 2. The summed E-state index contributed by atoms with van der Waals surface area (Å²) in [5.74, 6) is 0.208. The molecule has 0 unspecified atom stereocenters. The number of aryl methyl sites for hydroxylation is 2. The highest BCUT2D eigenvalue weighted by Gasteiger charge is 2.19. The third kappa shape index (κ3) is 3.82. The first-order valence-electron chi connectivity index (χ1n) is 7.58. The third-order valence-electron chi connectivity index (χ3n) is 3.58. The van der Waals surface area contributed by atoms with Crippen molar-refractivity contribution in [2.24, 2.45) is 0 Å². The number of amides is 1. The highest BCUT2D eigenvalue weighted by molar-refractivity contribution is 7.24. The number of halogens is 1. The maximum absolute atomic E-state index is 12.5. The van der Waals surface area contributed by atoms with E-state index >= 15 is 0 Å². The monoisotopic (exact) mass is 410 g/mol. The number of rotatable bonds is 5. The van der Waals surface area contributed by atoms with Crippen molar-refractivity contribution in [3.8, 4) is 9.88 Å². The molecule has 0 aliphatic heterocycles. The Bertz CT molecular complexity index is 973. The molecule has 0 fully saturated rings. The smallest absolute Gasteiger partial charge is 0.341 e. The van der Waals surface area contributed by atoms with Gasteiger partial charge in [0, 0.05) is 0 Å². The zero-order valence-electron chi connectivity index (χ0n) is 14.2. The predicted molar refractivity (Wildman–Crippen MR) is 101 cm³/mol. The van der Waals surface area contributed by atoms with E-state index in [1.807, 2.05) is 6.07 Å². The van der Waals surface area contributed by atoms with Crippen molar-refractivity contribution in [1.29, 1.82) is 0 Å². The summed E-state index contributed by atoms with van der Waals surface area (Å²) in [5, 5.41) is 3.54. The van der Waals surface area contributed by atoms with E-state index in [0.29, 0.717) is 32.0 Å². The van der Waals surface area contributed by atoms with Gasteiger partial charge in [0.05, 0.1) is 28.6 Å². The van der Waals surface area contributed by atoms with Crippen molar-refractivity contribution in [1.82, 2.24) is 10.3 Å². The van der Waals surface area contributed by atoms with Crippen molar-refractivity contribution in [2.75, 3.05) is 7.11 Å². The van der Waals surface area contributed by atoms with Gasteiger partial charge in [-0.05, 0) is 32.0 Å². The van der Waals surface area contributed by atoms with Crippen molar-refractivity contribution >= 4 is 46.2 Å². The number of hydrogen-bond donors (Lipinski definition) is 1. The minimum absolute atomic E-state index is 0.161. The molecule has 1 amide bonds. The molecule has 3 heterocycles. The Morgan fingerprint density at radius 2 is 2.08 bits per heavy atom. The minimum Gasteiger partial charge on any atom is -0.465 e. The number of thiophene rings is 1. The third-order valence-corrected chi connectivity index (χ3v) is 6.14. The molecule has 3 aromatic rings. The highest BCUT2D eigenvalue weighted by Crippen LogP contribution is 2.34. The minimum atomic E-state index is -0.471. The molecule has 0 saturated heterocycles. The number of nitrogens with zero attached hydrogens (tertiary/aromatic N) is 1. The number of hydrogen-bond acceptors (Lipinski definition) is 7. The van der Waals surface area contributed by atoms with Crippen LogP contribution in [-0.2, 0) is 11.3 Å². The lowest BCUT2D eigenvalue weighted by Gasteiger charge is -2.01. The SMILES string of the molecule is COC(=O)c1cc(CNC(=O)c2sc(-c3ccc(Cl)s3)nc2C)oc1C. The zero-order valence-corrected chi connectivity index (χ0v) is 16.6. The van der Waals surface area contributed by atoms with Crippen molar-refractivity contribution < 1.29 is 18.7 Å². The quantitative estimate of drug-likeness (QED) is 0.628. The average Bonchev–Trinajstić information content (AvgIpc) is 3.30. The van der Waals surface area contributed by atoms with Crippen LogP contribution >= 0.6 is 34.3 Å². The first-order valence-corrected chi connectivity index (χ1v) is 9.59. The number of ether oxygens (including phenoxy) is 1. The lowest BCUT2D eigenvalue weighted by Crippen LogP contribution is -2.22. The van der Waals surface area contributed by atoms with Crippen LogP contribution in [0.2, 0.25) is 4.34 Å². The molecule has 0 spiro atoms. The normalized spacial score (nSPS) is 10.8. The maximum Gasteiger partial charge on any atom is 0.341 e. The molecule has 6 nitrogen and oxygen atoms in total. The summed E-state index contributed by atoms with van der Waals surface area (Å²) >= 11 is 8.68. The Labute approximate surface area is 162 Å². The Morgan fingerprint density at radius 3 is 2.73 bits per heavy atom. The van der Waals surface area contributed by atoms with Crippen molar-refractivity contribution in [3.05, 3.63) is 50.2 Å². The lowest BCUT2D eigenvalue weighted by molar-refractivity contribution is 0.0598. The molecule has 3 rings (SSSR count). The fourth-order valence-corrected chi connectivity index (χ4v) is 4.41. The second kappa shape index (κ2) is 7.61. The topological polar surface area (TPSA) is 81.4 Å². The van der Waals surface area contributed by atoms with Crippen LogP contribution in [0.3, 0.4) is 0 Å². The summed E-state index contributed by atoms with van der Waals surface area (Å²) in [6.07, 6.45) is 0. The summed E-state index contributed by atoms with van der Waals surface area (Å²) in [4.78, 5) is 30.0. The number of nitrogens with one attached hydrogen (secondary N) is 1. The molecule has 1 N–H and O–H groups in total. The number of thiazole rings is 1. The second-order valence-electron chi connectivity index (χ2n) is 5.39. The fourth-order valence-electron chi connectivity index (χ4n) is 2.33. The van der Waals surface area contributed by atoms with Crippen LogP contribution in [0.25, 0.3) is 9.88 Å². The predicted octanol–water partition coefficient (Wildman–Crippen LogP) is 4.45. The second-order valence-corrected chi connectivity index (χ2v) is 8.11. The van der Waals surface area contributed by atoms with Crippen molar-refractivity contribution in [2.45, 2.75) is 20.4 Å². The van der Waals surface area contributed by atoms with Gasteiger partial charge in [-0.2, -0.15) is 0 Å². The Kier molecular flexibility index (Phi) is 5.45. The van der Waals surface area contributed by atoms with Crippen LogP contribution in [0.1, 0.15) is 37.2 Å². The van der Waals surface area contributed by atoms with Gasteiger partial charge >= 0.3 is 5.97 Å². The zero-order chi connectivity index (χ0) is 18.8. The van der Waals surface area contributed by atoms with Gasteiger partial charge in [0.25, 0.3) is 5.91 Å². The molecular formula is C17H15ClN2O4S2. The number of carbonyl (C=O) groups excluding carboxylic acids is 2. The first-order chi connectivity index (χ1) is 12.4. The van der Waals surface area contributed by atoms with E-state index in [4.69, 9.17) is 16.0 Å². The number of furan rings is 1. The van der Waals surface area contributed by atoms with E-state index in [0.717, 1.165) is 9.88 Å². The molecule has 136 valence electrons. The summed E-state index contributed by atoms with van der Waals surface area (Å²) in [6.45, 7) is 3.62. The average molecular weight is 411 g/mol. The molecule has 0 radical (unpaired) electrons. The summed E-state index contributed by atoms with van der Waals surface area (Å²) in [5.41, 5.74) is 1.00. The van der Waals surface area contributed by atoms with Crippen molar-refractivity contribution in [3.63, 3.8) is 0 Å². The molecule has 9 heteroatoms. The molecule has 0 aliphatic rings. The number of esters is 1. The number of methoxy groups -OCH3 is 1. The maximum atomic E-state index is 12.5. The van der Waals surface area contributed by atoms with E-state index in [1.54, 1.807) is 26.0 Å². The van der Waals surface area contributed by atoms with E-state index in [9.17, 15) is 9.59 Å².